The molecule has 0 amide bonds. The van der Waals surface area contributed by atoms with Gasteiger partial charge in [0.1, 0.15) is 0 Å². The molecule has 1 saturated carbocycles. The first-order valence-corrected chi connectivity index (χ1v) is 11.2. The molecule has 0 unspecified atom stereocenters. The van der Waals surface area contributed by atoms with Gasteiger partial charge in [0.2, 0.25) is 0 Å². The molecular formula is C24H35N3. The molecule has 3 nitrogen and oxygen atoms in total. The second-order valence-electron chi connectivity index (χ2n) is 9.37. The van der Waals surface area contributed by atoms with Gasteiger partial charge in [-0.1, -0.05) is 42.5 Å². The van der Waals surface area contributed by atoms with Crippen molar-refractivity contribution in [3.05, 3.63) is 48.0 Å². The quantitative estimate of drug-likeness (QED) is 0.740. The molecule has 3 fully saturated rings. The van der Waals surface area contributed by atoms with E-state index >= 15 is 0 Å². The molecule has 27 heavy (non-hydrogen) atoms. The fourth-order valence-electron chi connectivity index (χ4n) is 6.03. The van der Waals surface area contributed by atoms with Crippen molar-refractivity contribution in [2.45, 2.75) is 38.3 Å². The van der Waals surface area contributed by atoms with E-state index in [1.54, 1.807) is 0 Å². The third-order valence-electron chi connectivity index (χ3n) is 7.64. The van der Waals surface area contributed by atoms with E-state index in [2.05, 4.69) is 57.2 Å². The average Bonchev–Trinajstić information content (AvgIpc) is 3.33. The summed E-state index contributed by atoms with van der Waals surface area (Å²) in [6.07, 6.45) is 10.6. The molecule has 146 valence electrons. The summed E-state index contributed by atoms with van der Waals surface area (Å²) in [6, 6.07) is 11.8. The molecule has 4 aliphatic rings. The maximum atomic E-state index is 2.80. The molecule has 2 saturated heterocycles. The van der Waals surface area contributed by atoms with Crippen LogP contribution in [-0.4, -0.2) is 66.6 Å². The Hall–Kier alpha value is -1.16. The first-order chi connectivity index (χ1) is 13.3. The largest absolute Gasteiger partial charge is 0.300 e. The van der Waals surface area contributed by atoms with Crippen LogP contribution in [0.15, 0.2) is 42.5 Å². The summed E-state index contributed by atoms with van der Waals surface area (Å²) in [6.45, 7) is 10.2. The smallest absolute Gasteiger partial charge is 0.0233 e. The second kappa shape index (κ2) is 8.06. The highest BCUT2D eigenvalue weighted by atomic mass is 15.3. The fraction of sp³-hybridized carbons (Fsp3) is 0.667. The van der Waals surface area contributed by atoms with Crippen LogP contribution in [0.2, 0.25) is 0 Å². The predicted molar refractivity (Wildman–Crippen MR) is 112 cm³/mol. The lowest BCUT2D eigenvalue weighted by molar-refractivity contribution is 0.0505. The van der Waals surface area contributed by atoms with Crippen LogP contribution in [0.5, 0.6) is 0 Å². The van der Waals surface area contributed by atoms with Gasteiger partial charge in [0.15, 0.2) is 0 Å². The van der Waals surface area contributed by atoms with Gasteiger partial charge in [-0.3, -0.25) is 9.80 Å². The molecule has 0 radical (unpaired) electrons. The molecule has 3 heteroatoms. The zero-order valence-electron chi connectivity index (χ0n) is 16.7. The SMILES string of the molecule is C1=C[C@H]2C[C@@H]1C[C@H]2CN1CCN(C2CCN(Cc3ccccc3)CC2)CC1. The van der Waals surface area contributed by atoms with Crippen LogP contribution >= 0.6 is 0 Å². The normalized spacial score (nSPS) is 33.1. The van der Waals surface area contributed by atoms with E-state index in [9.17, 15) is 0 Å². The molecule has 5 rings (SSSR count). The molecule has 0 spiro atoms. The predicted octanol–water partition coefficient (Wildman–Crippen LogP) is 3.48. The zero-order valence-corrected chi connectivity index (χ0v) is 16.7. The number of hydrogen-bond acceptors (Lipinski definition) is 3. The van der Waals surface area contributed by atoms with Crippen LogP contribution in [0.1, 0.15) is 31.2 Å². The maximum absolute atomic E-state index is 2.80. The third-order valence-corrected chi connectivity index (χ3v) is 7.64. The zero-order chi connectivity index (χ0) is 18.1. The molecule has 2 heterocycles. The van der Waals surface area contributed by atoms with E-state index in [1.807, 2.05) is 0 Å². The maximum Gasteiger partial charge on any atom is 0.0233 e. The average molecular weight is 366 g/mol. The Morgan fingerprint density at radius 2 is 1.56 bits per heavy atom. The van der Waals surface area contributed by atoms with Crippen LogP contribution in [0.25, 0.3) is 0 Å². The van der Waals surface area contributed by atoms with Gasteiger partial charge in [0.25, 0.3) is 0 Å². The lowest BCUT2D eigenvalue weighted by Crippen LogP contribution is -2.53. The Morgan fingerprint density at radius 3 is 2.22 bits per heavy atom. The standard InChI is InChI=1S/C24H35N3/c1-2-4-20(5-3-1)18-25-10-8-24(9-11-25)27-14-12-26(13-15-27)19-23-17-21-6-7-22(23)16-21/h1-7,21-24H,8-19H2/t21-,22+,23+/m1/s1. The van der Waals surface area contributed by atoms with Crippen molar-refractivity contribution in [3.8, 4) is 0 Å². The second-order valence-corrected chi connectivity index (χ2v) is 9.37. The number of fused-ring (bicyclic) bond motifs is 2. The lowest BCUT2D eigenvalue weighted by atomic mass is 9.93. The van der Waals surface area contributed by atoms with Crippen molar-refractivity contribution in [2.75, 3.05) is 45.8 Å². The highest BCUT2D eigenvalue weighted by Gasteiger charge is 2.37. The van der Waals surface area contributed by atoms with Gasteiger partial charge in [-0.15, -0.1) is 0 Å². The Morgan fingerprint density at radius 1 is 0.778 bits per heavy atom. The van der Waals surface area contributed by atoms with Gasteiger partial charge in [-0.25, -0.2) is 0 Å². The topological polar surface area (TPSA) is 9.72 Å². The lowest BCUT2D eigenvalue weighted by Gasteiger charge is -2.43. The van der Waals surface area contributed by atoms with Gasteiger partial charge >= 0.3 is 0 Å². The van der Waals surface area contributed by atoms with Gasteiger partial charge in [0, 0.05) is 45.3 Å². The van der Waals surface area contributed by atoms with Gasteiger partial charge in [-0.2, -0.15) is 0 Å². The Kier molecular flexibility index (Phi) is 5.35. The highest BCUT2D eigenvalue weighted by Crippen LogP contribution is 2.43. The highest BCUT2D eigenvalue weighted by molar-refractivity contribution is 5.14. The van der Waals surface area contributed by atoms with Crippen LogP contribution < -0.4 is 0 Å². The van der Waals surface area contributed by atoms with Crippen LogP contribution in [0.4, 0.5) is 0 Å². The van der Waals surface area contributed by atoms with Crippen molar-refractivity contribution in [1.82, 2.24) is 14.7 Å². The number of benzene rings is 1. The summed E-state index contributed by atoms with van der Waals surface area (Å²) < 4.78 is 0. The van der Waals surface area contributed by atoms with Gasteiger partial charge < -0.3 is 4.90 Å². The monoisotopic (exact) mass is 365 g/mol. The number of rotatable bonds is 5. The molecule has 2 aliphatic heterocycles. The Balaban J connectivity index is 1.04. The number of hydrogen-bond donors (Lipinski definition) is 0. The minimum Gasteiger partial charge on any atom is -0.300 e. The van der Waals surface area contributed by atoms with Crippen molar-refractivity contribution in [3.63, 3.8) is 0 Å². The summed E-state index contributed by atoms with van der Waals surface area (Å²) >= 11 is 0. The molecule has 3 atom stereocenters. The summed E-state index contributed by atoms with van der Waals surface area (Å²) in [5.74, 6) is 2.78. The van der Waals surface area contributed by atoms with E-state index in [0.717, 1.165) is 30.3 Å². The van der Waals surface area contributed by atoms with Gasteiger partial charge in [0.05, 0.1) is 0 Å². The minimum absolute atomic E-state index is 0.824. The number of nitrogens with zero attached hydrogens (tertiary/aromatic N) is 3. The number of likely N-dealkylation sites (tertiary alicyclic amines) is 1. The molecule has 0 aromatic heterocycles. The van der Waals surface area contributed by atoms with Crippen LogP contribution in [0, 0.1) is 17.8 Å². The van der Waals surface area contributed by atoms with Crippen molar-refractivity contribution < 1.29 is 0 Å². The van der Waals surface area contributed by atoms with E-state index < -0.39 is 0 Å². The molecule has 1 aromatic rings. The van der Waals surface area contributed by atoms with Crippen molar-refractivity contribution >= 4 is 0 Å². The van der Waals surface area contributed by atoms with E-state index in [-0.39, 0.29) is 0 Å². The first kappa shape index (κ1) is 17.9. The Labute approximate surface area is 165 Å². The summed E-state index contributed by atoms with van der Waals surface area (Å²) in [5, 5.41) is 0. The van der Waals surface area contributed by atoms with E-state index in [1.165, 1.54) is 77.1 Å². The van der Waals surface area contributed by atoms with E-state index in [0.29, 0.717) is 0 Å². The summed E-state index contributed by atoms with van der Waals surface area (Å²) in [5.41, 5.74) is 1.46. The molecule has 2 aliphatic carbocycles. The van der Waals surface area contributed by atoms with Gasteiger partial charge in [-0.05, 0) is 62.1 Å². The molecule has 2 bridgehead atoms. The molecule has 1 aromatic carbocycles. The number of allylic oxidation sites excluding steroid dienone is 2. The van der Waals surface area contributed by atoms with Crippen molar-refractivity contribution in [1.29, 1.82) is 0 Å². The number of piperazine rings is 1. The number of piperidine rings is 1. The summed E-state index contributed by atoms with van der Waals surface area (Å²) in [7, 11) is 0. The minimum atomic E-state index is 0.824. The fourth-order valence-corrected chi connectivity index (χ4v) is 6.03. The van der Waals surface area contributed by atoms with E-state index in [4.69, 9.17) is 0 Å². The summed E-state index contributed by atoms with van der Waals surface area (Å²) in [4.78, 5) is 8.21. The van der Waals surface area contributed by atoms with Crippen LogP contribution in [0.3, 0.4) is 0 Å². The molecule has 0 N–H and O–H groups in total. The van der Waals surface area contributed by atoms with Crippen molar-refractivity contribution in [2.24, 2.45) is 17.8 Å². The third kappa shape index (κ3) is 4.16. The molecular weight excluding hydrogens is 330 g/mol. The first-order valence-electron chi connectivity index (χ1n) is 11.2. The van der Waals surface area contributed by atoms with Crippen LogP contribution in [-0.2, 0) is 6.54 Å². The Bertz CT molecular complexity index is 626.